The van der Waals surface area contributed by atoms with Crippen LogP contribution in [0.5, 0.6) is 0 Å². The Morgan fingerprint density at radius 2 is 1.65 bits per heavy atom. The zero-order valence-electron chi connectivity index (χ0n) is 10.3. The van der Waals surface area contributed by atoms with Gasteiger partial charge in [-0.3, -0.25) is 4.79 Å². The average Bonchev–Trinajstić information content (AvgIpc) is 3.12. The molecule has 0 atom stereocenters. The highest BCUT2D eigenvalue weighted by Crippen LogP contribution is 2.30. The number of nitrogens with one attached hydrogen (secondary N) is 1. The first-order valence-corrected chi connectivity index (χ1v) is 5.60. The fourth-order valence-corrected chi connectivity index (χ4v) is 1.53. The maximum atomic E-state index is 13.5. The summed E-state index contributed by atoms with van der Waals surface area (Å²) in [6.45, 7) is 1.68. The molecule has 0 radical (unpaired) electrons. The van der Waals surface area contributed by atoms with Crippen LogP contribution in [-0.2, 0) is 0 Å². The van der Waals surface area contributed by atoms with Crippen molar-refractivity contribution in [3.05, 3.63) is 28.8 Å². The highest BCUT2D eigenvalue weighted by molar-refractivity contribution is 5.95. The SMILES string of the molecule is CC1(CCNC(=O)c2c(F)c(F)c(N)c(F)c2F)N=N1. The zero-order valence-corrected chi connectivity index (χ0v) is 10.3. The lowest BCUT2D eigenvalue weighted by atomic mass is 10.1. The smallest absolute Gasteiger partial charge is 0.257 e. The number of halogens is 4. The van der Waals surface area contributed by atoms with Gasteiger partial charge in [0, 0.05) is 13.0 Å². The predicted octanol–water partition coefficient (Wildman–Crippen LogP) is 2.13. The largest absolute Gasteiger partial charge is 0.394 e. The number of carbonyl (C=O) groups excluding carboxylic acids is 1. The summed E-state index contributed by atoms with van der Waals surface area (Å²) in [5.74, 6) is -8.53. The molecule has 0 saturated carbocycles. The molecule has 1 aromatic rings. The lowest BCUT2D eigenvalue weighted by Crippen LogP contribution is -2.29. The predicted molar refractivity (Wildman–Crippen MR) is 60.9 cm³/mol. The van der Waals surface area contributed by atoms with E-state index in [1.54, 1.807) is 6.92 Å². The lowest BCUT2D eigenvalue weighted by Gasteiger charge is -2.10. The Bertz CT molecular complexity index is 582. The molecule has 3 N–H and O–H groups in total. The molecule has 0 aromatic heterocycles. The zero-order chi connectivity index (χ0) is 15.1. The Kier molecular flexibility index (Phi) is 3.36. The van der Waals surface area contributed by atoms with E-state index in [-0.39, 0.29) is 6.54 Å². The van der Waals surface area contributed by atoms with Gasteiger partial charge in [0.05, 0.1) is 0 Å². The van der Waals surface area contributed by atoms with Crippen LogP contribution >= 0.6 is 0 Å². The molecule has 0 spiro atoms. The highest BCUT2D eigenvalue weighted by atomic mass is 19.2. The van der Waals surface area contributed by atoms with Crippen LogP contribution in [0.4, 0.5) is 23.2 Å². The maximum absolute atomic E-state index is 13.5. The van der Waals surface area contributed by atoms with Crippen molar-refractivity contribution in [3.63, 3.8) is 0 Å². The van der Waals surface area contributed by atoms with Crippen LogP contribution in [-0.4, -0.2) is 18.1 Å². The second-order valence-electron chi connectivity index (χ2n) is 4.47. The summed E-state index contributed by atoms with van der Waals surface area (Å²) in [6.07, 6.45) is 0.307. The highest BCUT2D eigenvalue weighted by Gasteiger charge is 2.34. The molecule has 0 fully saturated rings. The van der Waals surface area contributed by atoms with Gasteiger partial charge >= 0.3 is 0 Å². The van der Waals surface area contributed by atoms with Crippen LogP contribution in [0.25, 0.3) is 0 Å². The summed E-state index contributed by atoms with van der Waals surface area (Å²) >= 11 is 0. The van der Waals surface area contributed by atoms with E-state index in [0.717, 1.165) is 0 Å². The number of nitrogen functional groups attached to an aromatic ring is 1. The van der Waals surface area contributed by atoms with Crippen molar-refractivity contribution in [2.24, 2.45) is 10.2 Å². The third kappa shape index (κ3) is 2.43. The molecular weight excluding hydrogens is 280 g/mol. The molecule has 0 saturated heterocycles. The number of amides is 1. The van der Waals surface area contributed by atoms with Gasteiger partial charge in [-0.25, -0.2) is 17.6 Å². The minimum absolute atomic E-state index is 0.00513. The fraction of sp³-hybridized carbons (Fsp3) is 0.364. The third-order valence-corrected chi connectivity index (χ3v) is 2.85. The van der Waals surface area contributed by atoms with Crippen molar-refractivity contribution in [2.45, 2.75) is 19.0 Å². The van der Waals surface area contributed by atoms with Gasteiger partial charge in [0.2, 0.25) is 0 Å². The summed E-state index contributed by atoms with van der Waals surface area (Å²) in [5, 5.41) is 9.47. The first-order valence-electron chi connectivity index (χ1n) is 5.60. The van der Waals surface area contributed by atoms with Gasteiger partial charge in [-0.05, 0) is 6.92 Å². The van der Waals surface area contributed by atoms with Gasteiger partial charge in [0.1, 0.15) is 11.3 Å². The molecule has 1 amide bonds. The molecule has 1 heterocycles. The molecule has 9 heteroatoms. The topological polar surface area (TPSA) is 79.8 Å². The van der Waals surface area contributed by atoms with Crippen molar-refractivity contribution in [3.8, 4) is 0 Å². The van der Waals surface area contributed by atoms with Gasteiger partial charge in [0.15, 0.2) is 28.9 Å². The minimum atomic E-state index is -1.83. The molecule has 5 nitrogen and oxygen atoms in total. The Hall–Kier alpha value is -2.19. The van der Waals surface area contributed by atoms with Crippen LogP contribution in [0, 0.1) is 23.3 Å². The van der Waals surface area contributed by atoms with Crippen molar-refractivity contribution in [1.82, 2.24) is 5.32 Å². The van der Waals surface area contributed by atoms with Gasteiger partial charge in [-0.15, -0.1) is 0 Å². The monoisotopic (exact) mass is 290 g/mol. The molecule has 0 bridgehead atoms. The first kappa shape index (κ1) is 14.2. The number of anilines is 1. The lowest BCUT2D eigenvalue weighted by molar-refractivity contribution is 0.0941. The minimum Gasteiger partial charge on any atom is -0.394 e. The van der Waals surface area contributed by atoms with Gasteiger partial charge in [-0.1, -0.05) is 0 Å². The van der Waals surface area contributed by atoms with Crippen LogP contribution in [0.2, 0.25) is 0 Å². The van der Waals surface area contributed by atoms with Crippen molar-refractivity contribution in [1.29, 1.82) is 0 Å². The van der Waals surface area contributed by atoms with Crippen molar-refractivity contribution >= 4 is 11.6 Å². The molecule has 0 unspecified atom stereocenters. The van der Waals surface area contributed by atoms with E-state index in [9.17, 15) is 22.4 Å². The Morgan fingerprint density at radius 1 is 1.15 bits per heavy atom. The molecule has 2 rings (SSSR count). The summed E-state index contributed by atoms with van der Waals surface area (Å²) < 4.78 is 53.3. The van der Waals surface area contributed by atoms with Gasteiger partial charge < -0.3 is 11.1 Å². The summed E-state index contributed by atoms with van der Waals surface area (Å²) in [5.41, 5.74) is 1.57. The Morgan fingerprint density at radius 3 is 2.10 bits per heavy atom. The van der Waals surface area contributed by atoms with E-state index in [0.29, 0.717) is 6.42 Å². The number of hydrogen-bond acceptors (Lipinski definition) is 4. The Balaban J connectivity index is 2.17. The number of benzene rings is 1. The van der Waals surface area contributed by atoms with E-state index >= 15 is 0 Å². The van der Waals surface area contributed by atoms with Crippen LogP contribution < -0.4 is 11.1 Å². The fourth-order valence-electron chi connectivity index (χ4n) is 1.53. The molecule has 1 aliphatic rings. The molecule has 108 valence electrons. The quantitative estimate of drug-likeness (QED) is 0.506. The van der Waals surface area contributed by atoms with E-state index in [2.05, 4.69) is 15.5 Å². The van der Waals surface area contributed by atoms with E-state index in [1.165, 1.54) is 0 Å². The second-order valence-corrected chi connectivity index (χ2v) is 4.47. The number of nitrogens with two attached hydrogens (primary N) is 1. The molecule has 1 aromatic carbocycles. The Labute approximate surface area is 110 Å². The average molecular weight is 290 g/mol. The third-order valence-electron chi connectivity index (χ3n) is 2.85. The number of nitrogens with zero attached hydrogens (tertiary/aromatic N) is 2. The molecule has 20 heavy (non-hydrogen) atoms. The number of rotatable bonds is 4. The summed E-state index contributed by atoms with van der Waals surface area (Å²) in [6, 6.07) is 0. The first-order chi connectivity index (χ1) is 9.27. The van der Waals surface area contributed by atoms with E-state index < -0.39 is 46.1 Å². The van der Waals surface area contributed by atoms with Gasteiger partial charge in [0.25, 0.3) is 5.91 Å². The van der Waals surface area contributed by atoms with Crippen molar-refractivity contribution < 1.29 is 22.4 Å². The van der Waals surface area contributed by atoms with Crippen LogP contribution in [0.3, 0.4) is 0 Å². The maximum Gasteiger partial charge on any atom is 0.257 e. The molecule has 0 aliphatic carbocycles. The normalized spacial score (nSPS) is 15.2. The standard InChI is InChI=1S/C11H10F4N4O/c1-11(18-19-11)2-3-17-10(20)4-5(12)7(14)9(16)8(15)6(4)13/h2-3,16H2,1H3,(H,17,20). The summed E-state index contributed by atoms with van der Waals surface area (Å²) in [7, 11) is 0. The summed E-state index contributed by atoms with van der Waals surface area (Å²) in [4.78, 5) is 11.6. The number of hydrogen-bond donors (Lipinski definition) is 2. The van der Waals surface area contributed by atoms with E-state index in [1.807, 2.05) is 0 Å². The number of carbonyl (C=O) groups is 1. The molecular formula is C11H10F4N4O. The van der Waals surface area contributed by atoms with Crippen LogP contribution in [0.1, 0.15) is 23.7 Å². The second kappa shape index (κ2) is 4.73. The van der Waals surface area contributed by atoms with Crippen LogP contribution in [0.15, 0.2) is 10.2 Å². The van der Waals surface area contributed by atoms with Gasteiger partial charge in [-0.2, -0.15) is 10.2 Å². The van der Waals surface area contributed by atoms with Crippen molar-refractivity contribution in [2.75, 3.05) is 12.3 Å². The molecule has 1 aliphatic heterocycles. The van der Waals surface area contributed by atoms with E-state index in [4.69, 9.17) is 5.73 Å².